The van der Waals surface area contributed by atoms with Crippen LogP contribution in [0.4, 0.5) is 17.1 Å². The number of rotatable bonds is 4. The third-order valence-corrected chi connectivity index (χ3v) is 4.48. The Hall–Kier alpha value is -1.70. The minimum absolute atomic E-state index is 0.0683. The van der Waals surface area contributed by atoms with Gasteiger partial charge < -0.3 is 11.1 Å². The molecule has 2 rings (SSSR count). The van der Waals surface area contributed by atoms with E-state index in [0.29, 0.717) is 5.69 Å². The average Bonchev–Trinajstić information content (AvgIpc) is 2.38. The minimum atomic E-state index is -3.79. The Morgan fingerprint density at radius 2 is 1.85 bits per heavy atom. The maximum Gasteiger partial charge on any atom is 0.240 e. The van der Waals surface area contributed by atoms with Crippen LogP contribution >= 0.6 is 11.8 Å². The molecule has 7 heteroatoms. The van der Waals surface area contributed by atoms with Gasteiger partial charge in [-0.25, -0.2) is 13.6 Å². The van der Waals surface area contributed by atoms with Crippen LogP contribution in [0.1, 0.15) is 0 Å². The van der Waals surface area contributed by atoms with Gasteiger partial charge in [0.15, 0.2) is 0 Å². The molecule has 0 amide bonds. The summed E-state index contributed by atoms with van der Waals surface area (Å²) in [6, 6.07) is 12.4. The third-order valence-electron chi connectivity index (χ3n) is 2.70. The average molecular weight is 309 g/mol. The zero-order valence-electron chi connectivity index (χ0n) is 10.8. The summed E-state index contributed by atoms with van der Waals surface area (Å²) < 4.78 is 22.6. The van der Waals surface area contributed by atoms with E-state index in [9.17, 15) is 8.42 Å². The number of thioether (sulfide) groups is 1. The van der Waals surface area contributed by atoms with E-state index in [0.717, 1.165) is 10.6 Å². The summed E-state index contributed by atoms with van der Waals surface area (Å²) in [5, 5.41) is 8.28. The maximum atomic E-state index is 11.3. The van der Waals surface area contributed by atoms with Crippen molar-refractivity contribution in [1.29, 1.82) is 0 Å². The first-order chi connectivity index (χ1) is 9.41. The molecular weight excluding hydrogens is 294 g/mol. The van der Waals surface area contributed by atoms with E-state index in [1.807, 2.05) is 30.5 Å². The van der Waals surface area contributed by atoms with Crippen LogP contribution in [0.3, 0.4) is 0 Å². The minimum Gasteiger partial charge on any atom is -0.398 e. The molecule has 2 aromatic carbocycles. The number of hydrogen-bond acceptors (Lipinski definition) is 5. The number of benzene rings is 2. The molecule has 2 aromatic rings. The monoisotopic (exact) mass is 309 g/mol. The molecule has 5 nitrogen and oxygen atoms in total. The molecule has 0 saturated heterocycles. The number of nitrogen functional groups attached to an aromatic ring is 1. The molecule has 0 radical (unpaired) electrons. The van der Waals surface area contributed by atoms with Crippen LogP contribution in [-0.4, -0.2) is 14.7 Å². The molecule has 0 heterocycles. The van der Waals surface area contributed by atoms with Crippen LogP contribution in [0, 0.1) is 0 Å². The predicted octanol–water partition coefficient (Wildman–Crippen LogP) is 2.38. The van der Waals surface area contributed by atoms with Gasteiger partial charge in [0.25, 0.3) is 0 Å². The molecule has 0 aromatic heterocycles. The predicted molar refractivity (Wildman–Crippen MR) is 83.7 cm³/mol. The number of nitrogens with one attached hydrogen (secondary N) is 1. The van der Waals surface area contributed by atoms with Crippen molar-refractivity contribution in [1.82, 2.24) is 0 Å². The van der Waals surface area contributed by atoms with Crippen LogP contribution in [-0.2, 0) is 10.0 Å². The number of para-hydroxylation sites is 1. The zero-order valence-corrected chi connectivity index (χ0v) is 12.5. The normalized spacial score (nSPS) is 11.3. The molecule has 0 unspecified atom stereocenters. The molecule has 106 valence electrons. The topological polar surface area (TPSA) is 98.2 Å². The van der Waals surface area contributed by atoms with Crippen molar-refractivity contribution in [2.45, 2.75) is 9.79 Å². The van der Waals surface area contributed by atoms with Crippen molar-refractivity contribution in [3.63, 3.8) is 0 Å². The molecule has 20 heavy (non-hydrogen) atoms. The van der Waals surface area contributed by atoms with Crippen molar-refractivity contribution < 1.29 is 8.42 Å². The Bertz CT molecular complexity index is 730. The van der Waals surface area contributed by atoms with Crippen molar-refractivity contribution in [2.75, 3.05) is 17.3 Å². The number of primary sulfonamides is 1. The van der Waals surface area contributed by atoms with Crippen molar-refractivity contribution in [3.8, 4) is 0 Å². The lowest BCUT2D eigenvalue weighted by Gasteiger charge is -2.12. The summed E-state index contributed by atoms with van der Waals surface area (Å²) in [7, 11) is -3.79. The number of anilines is 3. The SMILES string of the molecule is CSc1ccccc1Nc1ccc(S(N)(=O)=O)c(N)c1. The molecule has 0 aliphatic heterocycles. The maximum absolute atomic E-state index is 11.3. The highest BCUT2D eigenvalue weighted by Crippen LogP contribution is 2.29. The quantitative estimate of drug-likeness (QED) is 0.595. The molecule has 0 aliphatic carbocycles. The van der Waals surface area contributed by atoms with Crippen LogP contribution < -0.4 is 16.2 Å². The fraction of sp³-hybridized carbons (Fsp3) is 0.0769. The number of sulfonamides is 1. The Morgan fingerprint density at radius 1 is 1.15 bits per heavy atom. The smallest absolute Gasteiger partial charge is 0.240 e. The largest absolute Gasteiger partial charge is 0.398 e. The van der Waals surface area contributed by atoms with E-state index in [2.05, 4.69) is 5.32 Å². The third kappa shape index (κ3) is 3.24. The first kappa shape index (κ1) is 14.7. The van der Waals surface area contributed by atoms with Gasteiger partial charge in [-0.2, -0.15) is 0 Å². The van der Waals surface area contributed by atoms with Crippen LogP contribution in [0.5, 0.6) is 0 Å². The lowest BCUT2D eigenvalue weighted by Crippen LogP contribution is -2.14. The summed E-state index contributed by atoms with van der Waals surface area (Å²) in [6.45, 7) is 0. The first-order valence-corrected chi connectivity index (χ1v) is 8.51. The zero-order chi connectivity index (χ0) is 14.8. The van der Waals surface area contributed by atoms with Gasteiger partial charge in [0.2, 0.25) is 10.0 Å². The summed E-state index contributed by atoms with van der Waals surface area (Å²) in [6.07, 6.45) is 1.99. The van der Waals surface area contributed by atoms with Crippen molar-refractivity contribution >= 4 is 38.8 Å². The van der Waals surface area contributed by atoms with E-state index < -0.39 is 10.0 Å². The van der Waals surface area contributed by atoms with Gasteiger partial charge in [0.1, 0.15) is 4.90 Å². The van der Waals surface area contributed by atoms with Gasteiger partial charge in [-0.3, -0.25) is 0 Å². The van der Waals surface area contributed by atoms with Gasteiger partial charge in [0.05, 0.1) is 11.4 Å². The highest BCUT2D eigenvalue weighted by atomic mass is 32.2. The second-order valence-corrected chi connectivity index (χ2v) is 6.50. The van der Waals surface area contributed by atoms with Gasteiger partial charge in [-0.05, 0) is 36.6 Å². The van der Waals surface area contributed by atoms with Crippen LogP contribution in [0.25, 0.3) is 0 Å². The molecule has 0 saturated carbocycles. The lowest BCUT2D eigenvalue weighted by atomic mass is 10.2. The molecule has 0 aliphatic rings. The van der Waals surface area contributed by atoms with Gasteiger partial charge in [-0.1, -0.05) is 12.1 Å². The Morgan fingerprint density at radius 3 is 2.45 bits per heavy atom. The summed E-state index contributed by atoms with van der Waals surface area (Å²) >= 11 is 1.62. The Balaban J connectivity index is 2.34. The van der Waals surface area contributed by atoms with Crippen LogP contribution in [0.15, 0.2) is 52.3 Å². The second-order valence-electron chi connectivity index (χ2n) is 4.12. The van der Waals surface area contributed by atoms with E-state index in [-0.39, 0.29) is 10.6 Å². The van der Waals surface area contributed by atoms with E-state index in [4.69, 9.17) is 10.9 Å². The fourth-order valence-corrected chi connectivity index (χ4v) is 2.99. The molecule has 0 atom stereocenters. The number of nitrogens with two attached hydrogens (primary N) is 2. The van der Waals surface area contributed by atoms with Crippen molar-refractivity contribution in [2.24, 2.45) is 5.14 Å². The van der Waals surface area contributed by atoms with Gasteiger partial charge >= 0.3 is 0 Å². The highest BCUT2D eigenvalue weighted by Gasteiger charge is 2.12. The van der Waals surface area contributed by atoms with Crippen molar-refractivity contribution in [3.05, 3.63) is 42.5 Å². The molecule has 0 fully saturated rings. The highest BCUT2D eigenvalue weighted by molar-refractivity contribution is 7.98. The lowest BCUT2D eigenvalue weighted by molar-refractivity contribution is 0.598. The van der Waals surface area contributed by atoms with E-state index >= 15 is 0 Å². The summed E-state index contributed by atoms with van der Waals surface area (Å²) in [5.74, 6) is 0. The molecule has 5 N–H and O–H groups in total. The summed E-state index contributed by atoms with van der Waals surface area (Å²) in [4.78, 5) is 1.02. The Labute approximate surface area is 122 Å². The van der Waals surface area contributed by atoms with Crippen LogP contribution in [0.2, 0.25) is 0 Å². The standard InChI is InChI=1S/C13H15N3O2S2/c1-19-12-5-3-2-4-11(12)16-9-6-7-13(10(14)8-9)20(15,17)18/h2-8,16H,14H2,1H3,(H2,15,17,18). The summed E-state index contributed by atoms with van der Waals surface area (Å²) in [5.41, 5.74) is 7.49. The fourth-order valence-electron chi connectivity index (χ4n) is 1.79. The first-order valence-electron chi connectivity index (χ1n) is 5.74. The molecule has 0 spiro atoms. The van der Waals surface area contributed by atoms with E-state index in [1.54, 1.807) is 23.9 Å². The van der Waals surface area contributed by atoms with E-state index in [1.165, 1.54) is 6.07 Å². The van der Waals surface area contributed by atoms with Gasteiger partial charge in [-0.15, -0.1) is 11.8 Å². The van der Waals surface area contributed by atoms with Gasteiger partial charge in [0, 0.05) is 10.6 Å². The Kier molecular flexibility index (Phi) is 4.22. The molecular formula is C13H15N3O2S2. The molecule has 0 bridgehead atoms. The number of hydrogen-bond donors (Lipinski definition) is 3. The second kappa shape index (κ2) is 5.74.